The number of hydrogen-bond acceptors (Lipinski definition) is 4. The van der Waals surface area contributed by atoms with E-state index < -0.39 is 0 Å². The van der Waals surface area contributed by atoms with Crippen molar-refractivity contribution in [2.24, 2.45) is 11.7 Å². The Hall–Kier alpha value is -0.160. The van der Waals surface area contributed by atoms with E-state index in [9.17, 15) is 0 Å². The minimum absolute atomic E-state index is 0.149. The summed E-state index contributed by atoms with van der Waals surface area (Å²) in [6.45, 7) is 10.5. The largest absolute Gasteiger partial charge is 0.383 e. The van der Waals surface area contributed by atoms with Gasteiger partial charge in [0.25, 0.3) is 0 Å². The first kappa shape index (κ1) is 15.9. The molecule has 1 atom stereocenters. The summed E-state index contributed by atoms with van der Waals surface area (Å²) in [5.74, 6) is 0.664. The van der Waals surface area contributed by atoms with Gasteiger partial charge in [-0.3, -0.25) is 4.90 Å². The van der Waals surface area contributed by atoms with Crippen molar-refractivity contribution in [2.45, 2.75) is 32.2 Å². The summed E-state index contributed by atoms with van der Waals surface area (Å²) in [4.78, 5) is 4.98. The zero-order valence-electron chi connectivity index (χ0n) is 12.6. The van der Waals surface area contributed by atoms with Gasteiger partial charge in [-0.05, 0) is 32.4 Å². The highest BCUT2D eigenvalue weighted by Crippen LogP contribution is 2.27. The van der Waals surface area contributed by atoms with Gasteiger partial charge in [0, 0.05) is 38.8 Å². The third-order valence-corrected chi connectivity index (χ3v) is 3.95. The highest BCUT2D eigenvalue weighted by Gasteiger charge is 2.38. The Bertz CT molecular complexity index is 235. The van der Waals surface area contributed by atoms with E-state index in [1.165, 1.54) is 19.4 Å². The number of likely N-dealkylation sites (N-methyl/N-ethyl adjacent to an activating group) is 1. The van der Waals surface area contributed by atoms with Crippen molar-refractivity contribution in [2.75, 3.05) is 53.5 Å². The topological polar surface area (TPSA) is 41.7 Å². The van der Waals surface area contributed by atoms with E-state index in [0.29, 0.717) is 5.92 Å². The number of piperidine rings is 1. The number of likely N-dealkylation sites (tertiary alicyclic amines) is 1. The third kappa shape index (κ3) is 4.19. The van der Waals surface area contributed by atoms with E-state index in [-0.39, 0.29) is 5.54 Å². The van der Waals surface area contributed by atoms with Crippen LogP contribution in [0.1, 0.15) is 26.7 Å². The first-order chi connectivity index (χ1) is 8.54. The molecule has 0 aromatic rings. The number of ether oxygens (including phenoxy) is 1. The quantitative estimate of drug-likeness (QED) is 0.739. The van der Waals surface area contributed by atoms with Gasteiger partial charge in [0.2, 0.25) is 0 Å². The molecule has 0 saturated carbocycles. The molecule has 1 heterocycles. The number of hydrogen-bond donors (Lipinski definition) is 1. The molecule has 1 saturated heterocycles. The molecule has 4 nitrogen and oxygen atoms in total. The van der Waals surface area contributed by atoms with Crippen molar-refractivity contribution < 1.29 is 4.74 Å². The van der Waals surface area contributed by atoms with Gasteiger partial charge < -0.3 is 15.4 Å². The van der Waals surface area contributed by atoms with Gasteiger partial charge >= 0.3 is 0 Å². The molecule has 1 unspecified atom stereocenters. The lowest BCUT2D eigenvalue weighted by atomic mass is 9.86. The van der Waals surface area contributed by atoms with Crippen molar-refractivity contribution in [3.63, 3.8) is 0 Å². The monoisotopic (exact) mass is 257 g/mol. The molecule has 108 valence electrons. The van der Waals surface area contributed by atoms with Crippen LogP contribution in [0.25, 0.3) is 0 Å². The summed E-state index contributed by atoms with van der Waals surface area (Å²) in [5.41, 5.74) is 6.29. The minimum Gasteiger partial charge on any atom is -0.383 e. The van der Waals surface area contributed by atoms with Crippen molar-refractivity contribution in [3.8, 4) is 0 Å². The zero-order valence-corrected chi connectivity index (χ0v) is 12.6. The number of nitrogens with two attached hydrogens (primary N) is 1. The van der Waals surface area contributed by atoms with Crippen LogP contribution in [-0.2, 0) is 4.74 Å². The Morgan fingerprint density at radius 1 is 1.44 bits per heavy atom. The molecule has 0 spiro atoms. The summed E-state index contributed by atoms with van der Waals surface area (Å²) in [6, 6.07) is 0. The summed E-state index contributed by atoms with van der Waals surface area (Å²) in [6.07, 6.45) is 2.46. The third-order valence-electron chi connectivity index (χ3n) is 3.95. The average Bonchev–Trinajstić information content (AvgIpc) is 2.33. The number of methoxy groups -OCH3 is 1. The van der Waals surface area contributed by atoms with Gasteiger partial charge in [-0.15, -0.1) is 0 Å². The van der Waals surface area contributed by atoms with Gasteiger partial charge in [0.15, 0.2) is 0 Å². The van der Waals surface area contributed by atoms with Crippen LogP contribution >= 0.6 is 0 Å². The Morgan fingerprint density at radius 2 is 2.17 bits per heavy atom. The second-order valence-corrected chi connectivity index (χ2v) is 6.10. The highest BCUT2D eigenvalue weighted by molar-refractivity contribution is 4.97. The molecule has 18 heavy (non-hydrogen) atoms. The number of rotatable bonds is 7. The molecule has 1 fully saturated rings. The summed E-state index contributed by atoms with van der Waals surface area (Å²) < 4.78 is 5.26. The second-order valence-electron chi connectivity index (χ2n) is 6.10. The SMILES string of the molecule is COCCN(CC(C)C)C1(CN)CCCN(C)C1. The molecule has 2 N–H and O–H groups in total. The highest BCUT2D eigenvalue weighted by atomic mass is 16.5. The summed E-state index contributed by atoms with van der Waals surface area (Å²) in [7, 11) is 3.98. The zero-order chi connectivity index (χ0) is 13.6. The van der Waals surface area contributed by atoms with E-state index in [4.69, 9.17) is 10.5 Å². The van der Waals surface area contributed by atoms with Crippen LogP contribution in [-0.4, -0.2) is 68.8 Å². The lowest BCUT2D eigenvalue weighted by molar-refractivity contribution is 0.00278. The van der Waals surface area contributed by atoms with E-state index in [1.807, 2.05) is 0 Å². The van der Waals surface area contributed by atoms with Gasteiger partial charge in [-0.25, -0.2) is 0 Å². The van der Waals surface area contributed by atoms with Crippen molar-refractivity contribution in [1.29, 1.82) is 0 Å². The molecular weight excluding hydrogens is 226 g/mol. The van der Waals surface area contributed by atoms with E-state index in [0.717, 1.165) is 32.8 Å². The van der Waals surface area contributed by atoms with E-state index in [2.05, 4.69) is 30.7 Å². The number of nitrogens with zero attached hydrogens (tertiary/aromatic N) is 2. The fraction of sp³-hybridized carbons (Fsp3) is 1.00. The van der Waals surface area contributed by atoms with Gasteiger partial charge in [-0.2, -0.15) is 0 Å². The smallest absolute Gasteiger partial charge is 0.0589 e. The molecule has 1 aliphatic rings. The standard InChI is InChI=1S/C14H31N3O/c1-13(2)10-17(8-9-18-4)14(11-15)6-5-7-16(3)12-14/h13H,5-12,15H2,1-4H3. The Labute approximate surface area is 112 Å². The van der Waals surface area contributed by atoms with Crippen LogP contribution < -0.4 is 5.73 Å². The fourth-order valence-electron chi connectivity index (χ4n) is 3.06. The van der Waals surface area contributed by atoms with E-state index in [1.54, 1.807) is 7.11 Å². The maximum absolute atomic E-state index is 6.14. The van der Waals surface area contributed by atoms with Gasteiger partial charge in [-0.1, -0.05) is 13.8 Å². The molecule has 1 aliphatic heterocycles. The fourth-order valence-corrected chi connectivity index (χ4v) is 3.06. The lowest BCUT2D eigenvalue weighted by Crippen LogP contribution is -2.63. The Morgan fingerprint density at radius 3 is 2.67 bits per heavy atom. The van der Waals surface area contributed by atoms with Crippen LogP contribution in [0, 0.1) is 5.92 Å². The van der Waals surface area contributed by atoms with Crippen molar-refractivity contribution in [1.82, 2.24) is 9.80 Å². The van der Waals surface area contributed by atoms with Crippen LogP contribution in [0.2, 0.25) is 0 Å². The predicted molar refractivity (Wildman–Crippen MR) is 76.8 cm³/mol. The molecule has 0 bridgehead atoms. The molecule has 4 heteroatoms. The summed E-state index contributed by atoms with van der Waals surface area (Å²) >= 11 is 0. The molecule has 0 amide bonds. The normalized spacial score (nSPS) is 26.2. The van der Waals surface area contributed by atoms with Crippen LogP contribution in [0.3, 0.4) is 0 Å². The van der Waals surface area contributed by atoms with Gasteiger partial charge in [0.05, 0.1) is 6.61 Å². The Kier molecular flexibility index (Phi) is 6.57. The van der Waals surface area contributed by atoms with E-state index >= 15 is 0 Å². The molecule has 0 aliphatic carbocycles. The molecule has 0 radical (unpaired) electrons. The van der Waals surface area contributed by atoms with Crippen LogP contribution in [0.15, 0.2) is 0 Å². The second kappa shape index (κ2) is 7.43. The molecule has 0 aromatic carbocycles. The predicted octanol–water partition coefficient (Wildman–Crippen LogP) is 1.01. The molecule has 1 rings (SSSR count). The first-order valence-electron chi connectivity index (χ1n) is 7.16. The minimum atomic E-state index is 0.149. The molecule has 0 aromatic heterocycles. The lowest BCUT2D eigenvalue weighted by Gasteiger charge is -2.49. The maximum atomic E-state index is 6.14. The average molecular weight is 257 g/mol. The first-order valence-corrected chi connectivity index (χ1v) is 7.16. The maximum Gasteiger partial charge on any atom is 0.0589 e. The van der Waals surface area contributed by atoms with Crippen molar-refractivity contribution in [3.05, 3.63) is 0 Å². The van der Waals surface area contributed by atoms with Crippen LogP contribution in [0.4, 0.5) is 0 Å². The van der Waals surface area contributed by atoms with Gasteiger partial charge in [0.1, 0.15) is 0 Å². The molecular formula is C14H31N3O. The van der Waals surface area contributed by atoms with Crippen LogP contribution in [0.5, 0.6) is 0 Å². The Balaban J connectivity index is 2.76. The van der Waals surface area contributed by atoms with Crippen molar-refractivity contribution >= 4 is 0 Å². The summed E-state index contributed by atoms with van der Waals surface area (Å²) in [5, 5.41) is 0.